The van der Waals surface area contributed by atoms with Gasteiger partial charge >= 0.3 is 0 Å². The van der Waals surface area contributed by atoms with Crippen LogP contribution in [-0.2, 0) is 9.84 Å². The Morgan fingerprint density at radius 3 is 1.61 bits per heavy atom. The molecule has 0 spiro atoms. The van der Waals surface area contributed by atoms with Gasteiger partial charge in [-0.05, 0) is 12.1 Å². The molecule has 0 radical (unpaired) electrons. The first kappa shape index (κ1) is 14.2. The second kappa shape index (κ2) is 7.45. The molecule has 0 bridgehead atoms. The molecule has 2 nitrogen and oxygen atoms in total. The maximum absolute atomic E-state index is 11.4. The summed E-state index contributed by atoms with van der Waals surface area (Å²) in [6.45, 7) is 3.39. The summed E-state index contributed by atoms with van der Waals surface area (Å²) in [7, 11) is -3.13. The van der Waals surface area contributed by atoms with Gasteiger partial charge in [-0.1, -0.05) is 60.7 Å². The minimum absolute atomic E-state index is 0.00296. The van der Waals surface area contributed by atoms with Gasteiger partial charge in [-0.3, -0.25) is 0 Å². The van der Waals surface area contributed by atoms with Gasteiger partial charge in [0.25, 0.3) is 0 Å². The summed E-state index contributed by atoms with van der Waals surface area (Å²) in [6.07, 6.45) is 1.39. The highest BCUT2D eigenvalue weighted by molar-refractivity contribution is 7.91. The number of hydrogen-bond donors (Lipinski definition) is 0. The lowest BCUT2D eigenvalue weighted by Gasteiger charge is -1.98. The molecule has 0 aliphatic heterocycles. The fourth-order valence-corrected chi connectivity index (χ4v) is 2.34. The first-order valence-electron chi connectivity index (χ1n) is 5.55. The Balaban J connectivity index is 0.000000225. The van der Waals surface area contributed by atoms with E-state index < -0.39 is 9.84 Å². The second-order valence-electron chi connectivity index (χ2n) is 3.54. The molecule has 0 aliphatic carbocycles. The molecular weight excluding hydrogens is 244 g/mol. The molecular formula is C15H16O2S. The Morgan fingerprint density at radius 2 is 1.22 bits per heavy atom. The number of hydrogen-bond acceptors (Lipinski definition) is 2. The zero-order valence-corrected chi connectivity index (χ0v) is 10.9. The minimum atomic E-state index is -3.13. The van der Waals surface area contributed by atoms with Gasteiger partial charge in [-0.25, -0.2) is 8.42 Å². The van der Waals surface area contributed by atoms with Gasteiger partial charge in [0.1, 0.15) is 0 Å². The smallest absolute Gasteiger partial charge is 0.181 e. The Hall–Kier alpha value is -1.87. The van der Waals surface area contributed by atoms with Crippen LogP contribution in [0.4, 0.5) is 0 Å². The number of sulfone groups is 1. The van der Waals surface area contributed by atoms with Crippen LogP contribution in [-0.4, -0.2) is 14.2 Å². The molecule has 0 heterocycles. The van der Waals surface area contributed by atoms with Gasteiger partial charge in [0.15, 0.2) is 9.84 Å². The van der Waals surface area contributed by atoms with Crippen LogP contribution >= 0.6 is 0 Å². The summed E-state index contributed by atoms with van der Waals surface area (Å²) in [5, 5.41) is 0. The van der Waals surface area contributed by atoms with Crippen molar-refractivity contribution in [1.29, 1.82) is 0 Å². The van der Waals surface area contributed by atoms with Crippen molar-refractivity contribution in [2.24, 2.45) is 0 Å². The van der Waals surface area contributed by atoms with Crippen LogP contribution < -0.4 is 0 Å². The van der Waals surface area contributed by atoms with Crippen molar-refractivity contribution in [3.8, 4) is 0 Å². The molecule has 0 aromatic heterocycles. The quantitative estimate of drug-likeness (QED) is 0.793. The summed E-state index contributed by atoms with van der Waals surface area (Å²) in [5.74, 6) is -0.00296. The highest BCUT2D eigenvalue weighted by Gasteiger charge is 2.09. The second-order valence-corrected chi connectivity index (χ2v) is 5.57. The standard InChI is InChI=1S/C9H10O2S.C6H6/c1-2-8-12(10,11)9-6-4-3-5-7-9;1-2-4-6-5-3-1/h2-7H,1,8H2;1-6H. The van der Waals surface area contributed by atoms with E-state index in [1.165, 1.54) is 6.08 Å². The minimum Gasteiger partial charge on any atom is -0.223 e. The molecule has 3 heteroatoms. The molecule has 0 unspecified atom stereocenters. The van der Waals surface area contributed by atoms with Crippen molar-refractivity contribution in [3.63, 3.8) is 0 Å². The first-order chi connectivity index (χ1) is 8.67. The van der Waals surface area contributed by atoms with Crippen molar-refractivity contribution in [3.05, 3.63) is 79.4 Å². The fourth-order valence-electron chi connectivity index (χ4n) is 1.26. The predicted octanol–water partition coefficient (Wildman–Crippen LogP) is 3.33. The highest BCUT2D eigenvalue weighted by atomic mass is 32.2. The number of benzene rings is 2. The molecule has 94 valence electrons. The third-order valence-corrected chi connectivity index (χ3v) is 3.77. The van der Waals surface area contributed by atoms with Gasteiger partial charge in [0, 0.05) is 0 Å². The van der Waals surface area contributed by atoms with Crippen molar-refractivity contribution < 1.29 is 8.42 Å². The first-order valence-corrected chi connectivity index (χ1v) is 7.21. The van der Waals surface area contributed by atoms with Gasteiger partial charge in [-0.2, -0.15) is 0 Å². The molecule has 0 saturated carbocycles. The van der Waals surface area contributed by atoms with E-state index in [0.717, 1.165) is 0 Å². The Labute approximate surface area is 109 Å². The Morgan fingerprint density at radius 1 is 0.833 bits per heavy atom. The van der Waals surface area contributed by atoms with Crippen LogP contribution in [0.3, 0.4) is 0 Å². The van der Waals surface area contributed by atoms with Crippen LogP contribution in [0.2, 0.25) is 0 Å². The van der Waals surface area contributed by atoms with E-state index in [2.05, 4.69) is 6.58 Å². The van der Waals surface area contributed by atoms with Crippen LogP contribution in [0.25, 0.3) is 0 Å². The molecule has 0 atom stereocenters. The molecule has 0 amide bonds. The van der Waals surface area contributed by atoms with E-state index in [4.69, 9.17) is 0 Å². The van der Waals surface area contributed by atoms with E-state index >= 15 is 0 Å². The third-order valence-electron chi connectivity index (χ3n) is 2.11. The maximum Gasteiger partial charge on any atom is 0.181 e. The number of rotatable bonds is 3. The highest BCUT2D eigenvalue weighted by Crippen LogP contribution is 2.09. The topological polar surface area (TPSA) is 34.1 Å². The summed E-state index contributed by atoms with van der Waals surface area (Å²) < 4.78 is 22.7. The van der Waals surface area contributed by atoms with Gasteiger partial charge in [-0.15, -0.1) is 6.58 Å². The van der Waals surface area contributed by atoms with E-state index in [9.17, 15) is 8.42 Å². The maximum atomic E-state index is 11.4. The molecule has 2 aromatic carbocycles. The van der Waals surface area contributed by atoms with Gasteiger partial charge in [0.2, 0.25) is 0 Å². The summed E-state index contributed by atoms with van der Waals surface area (Å²) >= 11 is 0. The van der Waals surface area contributed by atoms with E-state index in [-0.39, 0.29) is 5.75 Å². The van der Waals surface area contributed by atoms with E-state index in [0.29, 0.717) is 4.90 Å². The van der Waals surface area contributed by atoms with Gasteiger partial charge in [0.05, 0.1) is 10.6 Å². The predicted molar refractivity (Wildman–Crippen MR) is 75.1 cm³/mol. The average molecular weight is 260 g/mol. The third kappa shape index (κ3) is 4.97. The largest absolute Gasteiger partial charge is 0.223 e. The monoisotopic (exact) mass is 260 g/mol. The molecule has 0 aliphatic rings. The average Bonchev–Trinajstić information content (AvgIpc) is 2.42. The summed E-state index contributed by atoms with van der Waals surface area (Å²) in [6, 6.07) is 20.4. The lowest BCUT2D eigenvalue weighted by molar-refractivity contribution is 0.599. The summed E-state index contributed by atoms with van der Waals surface area (Å²) in [4.78, 5) is 0.352. The fraction of sp³-hybridized carbons (Fsp3) is 0.0667. The molecule has 0 fully saturated rings. The normalized spacial score (nSPS) is 10.0. The lowest BCUT2D eigenvalue weighted by Crippen LogP contribution is -2.03. The SMILES string of the molecule is C=CCS(=O)(=O)c1ccccc1.c1ccccc1. The van der Waals surface area contributed by atoms with Crippen LogP contribution in [0.15, 0.2) is 84.3 Å². The van der Waals surface area contributed by atoms with Crippen molar-refractivity contribution >= 4 is 9.84 Å². The lowest BCUT2D eigenvalue weighted by atomic mass is 10.4. The van der Waals surface area contributed by atoms with Crippen molar-refractivity contribution in [2.45, 2.75) is 4.90 Å². The zero-order valence-electron chi connectivity index (χ0n) is 10.1. The van der Waals surface area contributed by atoms with Crippen molar-refractivity contribution in [1.82, 2.24) is 0 Å². The Bertz CT molecular complexity index is 519. The van der Waals surface area contributed by atoms with E-state index in [1.807, 2.05) is 36.4 Å². The van der Waals surface area contributed by atoms with E-state index in [1.54, 1.807) is 30.3 Å². The van der Waals surface area contributed by atoms with Crippen LogP contribution in [0.5, 0.6) is 0 Å². The summed E-state index contributed by atoms with van der Waals surface area (Å²) in [5.41, 5.74) is 0. The Kier molecular flexibility index (Phi) is 5.88. The van der Waals surface area contributed by atoms with Gasteiger partial charge < -0.3 is 0 Å². The molecule has 0 saturated heterocycles. The molecule has 2 aromatic rings. The molecule has 2 rings (SSSR count). The molecule has 18 heavy (non-hydrogen) atoms. The van der Waals surface area contributed by atoms with Crippen molar-refractivity contribution in [2.75, 3.05) is 5.75 Å². The van der Waals surface area contributed by atoms with Crippen LogP contribution in [0.1, 0.15) is 0 Å². The molecule has 0 N–H and O–H groups in total. The van der Waals surface area contributed by atoms with Crippen LogP contribution in [0, 0.1) is 0 Å². The zero-order chi connectivity index (χ0) is 13.3.